The van der Waals surface area contributed by atoms with Gasteiger partial charge in [0.1, 0.15) is 0 Å². The number of nitrogens with two attached hydrogens (primary N) is 1. The van der Waals surface area contributed by atoms with E-state index in [0.717, 1.165) is 25.0 Å². The molecule has 2 atom stereocenters. The molecular weight excluding hydrogens is 386 g/mol. The zero-order valence-corrected chi connectivity index (χ0v) is 17.9. The minimum atomic E-state index is -0.393. The highest BCUT2D eigenvalue weighted by molar-refractivity contribution is 7.99. The van der Waals surface area contributed by atoms with Gasteiger partial charge in [-0.15, -0.1) is 24.2 Å². The van der Waals surface area contributed by atoms with E-state index in [1.165, 1.54) is 17.8 Å². The molecule has 0 spiro atoms. The maximum absolute atomic E-state index is 12.8. The van der Waals surface area contributed by atoms with Crippen molar-refractivity contribution < 1.29 is 9.72 Å². The van der Waals surface area contributed by atoms with Crippen molar-refractivity contribution in [2.24, 2.45) is 17.6 Å². The van der Waals surface area contributed by atoms with E-state index in [-0.39, 0.29) is 36.0 Å². The van der Waals surface area contributed by atoms with Crippen LogP contribution in [0.15, 0.2) is 23.1 Å². The third-order valence-corrected chi connectivity index (χ3v) is 5.94. The molecule has 0 radical (unpaired) electrons. The number of thioether (sulfide) groups is 1. The van der Waals surface area contributed by atoms with Crippen molar-refractivity contribution in [3.8, 4) is 0 Å². The first-order chi connectivity index (χ1) is 12.3. The fraction of sp³-hybridized carbons (Fsp3) is 0.632. The summed E-state index contributed by atoms with van der Waals surface area (Å²) in [5, 5.41) is 11.5. The minimum absolute atomic E-state index is 0. The van der Waals surface area contributed by atoms with Gasteiger partial charge < -0.3 is 10.6 Å². The SMILES string of the molecule is CC(C)CCSc1ccc(C(=O)N2CCCC(C(C)N)C2)cc1[N+](=O)[O-].Cl. The summed E-state index contributed by atoms with van der Waals surface area (Å²) in [6.07, 6.45) is 2.94. The Bertz CT molecular complexity index is 655. The number of benzene rings is 1. The molecule has 1 heterocycles. The summed E-state index contributed by atoms with van der Waals surface area (Å²) in [6, 6.07) is 4.89. The lowest BCUT2D eigenvalue weighted by Crippen LogP contribution is -2.45. The summed E-state index contributed by atoms with van der Waals surface area (Å²) in [5.74, 6) is 1.53. The van der Waals surface area contributed by atoms with Crippen molar-refractivity contribution in [2.45, 2.75) is 51.0 Å². The summed E-state index contributed by atoms with van der Waals surface area (Å²) in [6.45, 7) is 7.53. The van der Waals surface area contributed by atoms with Crippen LogP contribution in [0.25, 0.3) is 0 Å². The molecule has 1 aliphatic heterocycles. The molecule has 0 aliphatic carbocycles. The lowest BCUT2D eigenvalue weighted by molar-refractivity contribution is -0.387. The van der Waals surface area contributed by atoms with E-state index in [9.17, 15) is 14.9 Å². The number of nitro benzene ring substituents is 1. The largest absolute Gasteiger partial charge is 0.338 e. The third-order valence-electron chi connectivity index (χ3n) is 4.84. The molecule has 2 rings (SSSR count). The highest BCUT2D eigenvalue weighted by Gasteiger charge is 2.27. The van der Waals surface area contributed by atoms with E-state index in [1.807, 2.05) is 6.92 Å². The van der Waals surface area contributed by atoms with E-state index < -0.39 is 4.92 Å². The quantitative estimate of drug-likeness (QED) is 0.406. The Kier molecular flexibility index (Phi) is 9.56. The predicted octanol–water partition coefficient (Wildman–Crippen LogP) is 4.35. The number of hydrogen-bond donors (Lipinski definition) is 1. The average Bonchev–Trinajstić information content (AvgIpc) is 2.61. The lowest BCUT2D eigenvalue weighted by atomic mass is 9.92. The van der Waals surface area contributed by atoms with Gasteiger partial charge >= 0.3 is 0 Å². The highest BCUT2D eigenvalue weighted by atomic mass is 35.5. The number of likely N-dealkylation sites (tertiary alicyclic amines) is 1. The minimum Gasteiger partial charge on any atom is -0.338 e. The van der Waals surface area contributed by atoms with Crippen molar-refractivity contribution in [3.05, 3.63) is 33.9 Å². The smallest absolute Gasteiger partial charge is 0.283 e. The van der Waals surface area contributed by atoms with Crippen molar-refractivity contribution in [1.29, 1.82) is 0 Å². The molecule has 8 heteroatoms. The van der Waals surface area contributed by atoms with Crippen LogP contribution in [0.4, 0.5) is 5.69 Å². The Morgan fingerprint density at radius 2 is 2.11 bits per heavy atom. The Labute approximate surface area is 171 Å². The van der Waals surface area contributed by atoms with E-state index >= 15 is 0 Å². The Hall–Kier alpha value is -1.31. The third kappa shape index (κ3) is 6.66. The molecule has 1 aromatic carbocycles. The number of carbonyl (C=O) groups excluding carboxylic acids is 1. The second kappa shape index (κ2) is 10.9. The lowest BCUT2D eigenvalue weighted by Gasteiger charge is -2.34. The van der Waals surface area contributed by atoms with E-state index in [4.69, 9.17) is 5.73 Å². The normalized spacial score (nSPS) is 18.1. The summed E-state index contributed by atoms with van der Waals surface area (Å²) in [5.41, 5.74) is 6.39. The van der Waals surface area contributed by atoms with E-state index in [1.54, 1.807) is 17.0 Å². The molecule has 2 unspecified atom stereocenters. The molecule has 2 N–H and O–H groups in total. The molecule has 6 nitrogen and oxygen atoms in total. The molecule has 1 aliphatic rings. The maximum atomic E-state index is 12.8. The molecule has 152 valence electrons. The van der Waals surface area contributed by atoms with Gasteiger partial charge in [0.25, 0.3) is 11.6 Å². The Balaban J connectivity index is 0.00000364. The van der Waals surface area contributed by atoms with Gasteiger partial charge in [0, 0.05) is 30.8 Å². The van der Waals surface area contributed by atoms with Gasteiger partial charge in [0.05, 0.1) is 9.82 Å². The number of carbonyl (C=O) groups is 1. The van der Waals surface area contributed by atoms with Crippen LogP contribution in [-0.2, 0) is 0 Å². The van der Waals surface area contributed by atoms with Crippen LogP contribution in [0.1, 0.15) is 50.4 Å². The number of halogens is 1. The van der Waals surface area contributed by atoms with Gasteiger partial charge in [-0.25, -0.2) is 0 Å². The van der Waals surface area contributed by atoms with Crippen molar-refractivity contribution in [2.75, 3.05) is 18.8 Å². The van der Waals surface area contributed by atoms with Gasteiger partial charge in [-0.2, -0.15) is 0 Å². The average molecular weight is 416 g/mol. The number of hydrogen-bond acceptors (Lipinski definition) is 5. The number of rotatable bonds is 7. The van der Waals surface area contributed by atoms with E-state index in [0.29, 0.717) is 29.5 Å². The fourth-order valence-corrected chi connectivity index (χ4v) is 4.38. The molecule has 0 aromatic heterocycles. The zero-order chi connectivity index (χ0) is 19.3. The first kappa shape index (κ1) is 23.7. The van der Waals surface area contributed by atoms with Crippen molar-refractivity contribution >= 4 is 35.8 Å². The Morgan fingerprint density at radius 1 is 1.41 bits per heavy atom. The van der Waals surface area contributed by atoms with Crippen LogP contribution in [0.5, 0.6) is 0 Å². The topological polar surface area (TPSA) is 89.5 Å². The van der Waals surface area contributed by atoms with E-state index in [2.05, 4.69) is 13.8 Å². The van der Waals surface area contributed by atoms with Crippen LogP contribution >= 0.6 is 24.2 Å². The number of nitrogens with zero attached hydrogens (tertiary/aromatic N) is 2. The van der Waals surface area contributed by atoms with Crippen LogP contribution in [0, 0.1) is 22.0 Å². The fourth-order valence-electron chi connectivity index (χ4n) is 3.13. The van der Waals surface area contributed by atoms with Gasteiger partial charge in [-0.3, -0.25) is 14.9 Å². The molecule has 1 fully saturated rings. The molecule has 1 saturated heterocycles. The molecule has 1 aromatic rings. The summed E-state index contributed by atoms with van der Waals surface area (Å²) < 4.78 is 0. The van der Waals surface area contributed by atoms with Crippen LogP contribution in [0.3, 0.4) is 0 Å². The summed E-state index contributed by atoms with van der Waals surface area (Å²) in [4.78, 5) is 26.3. The van der Waals surface area contributed by atoms with Crippen LogP contribution in [0.2, 0.25) is 0 Å². The van der Waals surface area contributed by atoms with Crippen molar-refractivity contribution in [1.82, 2.24) is 4.90 Å². The number of amides is 1. The highest BCUT2D eigenvalue weighted by Crippen LogP contribution is 2.32. The maximum Gasteiger partial charge on any atom is 0.283 e. The number of nitro groups is 1. The van der Waals surface area contributed by atoms with Gasteiger partial charge in [-0.1, -0.05) is 13.8 Å². The standard InChI is InChI=1S/C19H29N3O3S.ClH/c1-13(2)8-10-26-18-7-6-15(11-17(18)22(24)25)19(23)21-9-4-5-16(12-21)14(3)20;/h6-7,11,13-14,16H,4-5,8-10,12,20H2,1-3H3;1H. The summed E-state index contributed by atoms with van der Waals surface area (Å²) >= 11 is 1.48. The molecule has 1 amide bonds. The Morgan fingerprint density at radius 3 is 2.70 bits per heavy atom. The first-order valence-electron chi connectivity index (χ1n) is 9.25. The van der Waals surface area contributed by atoms with Gasteiger partial charge in [0.2, 0.25) is 0 Å². The summed E-state index contributed by atoms with van der Waals surface area (Å²) in [7, 11) is 0. The van der Waals surface area contributed by atoms with Crippen LogP contribution < -0.4 is 5.73 Å². The zero-order valence-electron chi connectivity index (χ0n) is 16.2. The monoisotopic (exact) mass is 415 g/mol. The second-order valence-corrected chi connectivity index (χ2v) is 8.62. The predicted molar refractivity (Wildman–Crippen MR) is 113 cm³/mol. The van der Waals surface area contributed by atoms with Gasteiger partial charge in [-0.05, 0) is 55.9 Å². The molecular formula is C19H30ClN3O3S. The molecule has 27 heavy (non-hydrogen) atoms. The molecule has 0 bridgehead atoms. The second-order valence-electron chi connectivity index (χ2n) is 7.48. The molecule has 0 saturated carbocycles. The van der Waals surface area contributed by atoms with Crippen molar-refractivity contribution in [3.63, 3.8) is 0 Å². The number of piperidine rings is 1. The first-order valence-corrected chi connectivity index (χ1v) is 10.2. The van der Waals surface area contributed by atoms with Gasteiger partial charge in [0.15, 0.2) is 0 Å². The van der Waals surface area contributed by atoms with Crippen LogP contribution in [-0.4, -0.2) is 40.6 Å².